The van der Waals surface area contributed by atoms with Gasteiger partial charge in [-0.15, -0.1) is 0 Å². The summed E-state index contributed by atoms with van der Waals surface area (Å²) in [7, 11) is 0. The molecule has 0 amide bonds. The molecule has 0 N–H and O–H groups in total. The van der Waals surface area contributed by atoms with E-state index in [0.29, 0.717) is 5.92 Å². The molecule has 1 heteroatoms. The second-order valence-corrected chi connectivity index (χ2v) is 4.46. The van der Waals surface area contributed by atoms with E-state index in [9.17, 15) is 0 Å². The van der Waals surface area contributed by atoms with E-state index in [0.717, 1.165) is 10.9 Å². The van der Waals surface area contributed by atoms with E-state index in [-0.39, 0.29) is 0 Å². The first-order valence-electron chi connectivity index (χ1n) is 4.85. The van der Waals surface area contributed by atoms with Crippen LogP contribution in [0, 0.1) is 5.92 Å². The van der Waals surface area contributed by atoms with Crippen molar-refractivity contribution < 1.29 is 0 Å². The van der Waals surface area contributed by atoms with Crippen molar-refractivity contribution in [2.45, 2.75) is 33.1 Å². The molecule has 0 spiro atoms. The van der Waals surface area contributed by atoms with E-state index < -0.39 is 0 Å². The van der Waals surface area contributed by atoms with Gasteiger partial charge in [0.2, 0.25) is 0 Å². The molecular formula is C12H17Cl. The fourth-order valence-corrected chi connectivity index (χ4v) is 2.03. The maximum atomic E-state index is 6.10. The molecule has 0 heterocycles. The van der Waals surface area contributed by atoms with Crippen LogP contribution in [-0.2, 0) is 0 Å². The Kier molecular flexibility index (Phi) is 3.80. The molecule has 0 aromatic heterocycles. The normalized spacial score (nSPS) is 13.3. The molecular weight excluding hydrogens is 180 g/mol. The highest BCUT2D eigenvalue weighted by Crippen LogP contribution is 2.28. The summed E-state index contributed by atoms with van der Waals surface area (Å²) in [6.45, 7) is 6.72. The lowest BCUT2D eigenvalue weighted by molar-refractivity contribution is 0.524. The molecule has 0 fully saturated rings. The zero-order valence-electron chi connectivity index (χ0n) is 8.55. The highest BCUT2D eigenvalue weighted by atomic mass is 35.5. The Morgan fingerprint density at radius 1 is 1.15 bits per heavy atom. The molecule has 0 aliphatic rings. The third-order valence-corrected chi connectivity index (χ3v) is 2.61. The van der Waals surface area contributed by atoms with E-state index in [2.05, 4.69) is 32.9 Å². The molecule has 0 radical (unpaired) electrons. The summed E-state index contributed by atoms with van der Waals surface area (Å²) in [6.07, 6.45) is 1.20. The van der Waals surface area contributed by atoms with Crippen molar-refractivity contribution in [3.8, 4) is 0 Å². The molecule has 1 unspecified atom stereocenters. The van der Waals surface area contributed by atoms with Crippen molar-refractivity contribution in [1.29, 1.82) is 0 Å². The minimum Gasteiger partial charge on any atom is -0.0840 e. The van der Waals surface area contributed by atoms with Crippen LogP contribution in [0.2, 0.25) is 5.02 Å². The highest BCUT2D eigenvalue weighted by Gasteiger charge is 2.10. The molecule has 0 aliphatic heterocycles. The monoisotopic (exact) mass is 196 g/mol. The molecule has 1 atom stereocenters. The fraction of sp³-hybridized carbons (Fsp3) is 0.500. The number of rotatable bonds is 3. The number of hydrogen-bond donors (Lipinski definition) is 0. The third kappa shape index (κ3) is 3.04. The summed E-state index contributed by atoms with van der Waals surface area (Å²) in [5.41, 5.74) is 1.28. The van der Waals surface area contributed by atoms with E-state index in [4.69, 9.17) is 11.6 Å². The molecule has 0 saturated heterocycles. The number of benzene rings is 1. The van der Waals surface area contributed by atoms with Crippen LogP contribution in [0.3, 0.4) is 0 Å². The maximum absolute atomic E-state index is 6.10. The Bertz CT molecular complexity index is 266. The minimum atomic E-state index is 0.564. The van der Waals surface area contributed by atoms with Gasteiger partial charge in [0.05, 0.1) is 0 Å². The van der Waals surface area contributed by atoms with Crippen LogP contribution in [0.15, 0.2) is 24.3 Å². The highest BCUT2D eigenvalue weighted by molar-refractivity contribution is 6.31. The molecule has 13 heavy (non-hydrogen) atoms. The second-order valence-electron chi connectivity index (χ2n) is 4.05. The van der Waals surface area contributed by atoms with Gasteiger partial charge in [-0.1, -0.05) is 50.6 Å². The van der Waals surface area contributed by atoms with Gasteiger partial charge in [-0.2, -0.15) is 0 Å². The predicted octanol–water partition coefficient (Wildman–Crippen LogP) is 4.49. The minimum absolute atomic E-state index is 0.564. The molecule has 72 valence electrons. The Hall–Kier alpha value is -0.490. The van der Waals surface area contributed by atoms with E-state index in [1.807, 2.05) is 12.1 Å². The molecule has 0 saturated carbocycles. The standard InChI is InChI=1S/C12H17Cl/c1-9(2)8-10(3)11-6-4-5-7-12(11)13/h4-7,9-10H,8H2,1-3H3. The molecule has 0 bridgehead atoms. The third-order valence-electron chi connectivity index (χ3n) is 2.26. The van der Waals surface area contributed by atoms with Gasteiger partial charge < -0.3 is 0 Å². The van der Waals surface area contributed by atoms with Crippen molar-refractivity contribution in [3.05, 3.63) is 34.9 Å². The Morgan fingerprint density at radius 3 is 2.31 bits per heavy atom. The van der Waals surface area contributed by atoms with Gasteiger partial charge in [-0.05, 0) is 29.9 Å². The van der Waals surface area contributed by atoms with Crippen LogP contribution in [-0.4, -0.2) is 0 Å². The topological polar surface area (TPSA) is 0 Å². The predicted molar refractivity (Wildman–Crippen MR) is 59.3 cm³/mol. The van der Waals surface area contributed by atoms with Gasteiger partial charge in [0.15, 0.2) is 0 Å². The van der Waals surface area contributed by atoms with Crippen molar-refractivity contribution in [2.75, 3.05) is 0 Å². The summed E-state index contributed by atoms with van der Waals surface area (Å²) < 4.78 is 0. The van der Waals surface area contributed by atoms with E-state index >= 15 is 0 Å². The molecule has 0 nitrogen and oxygen atoms in total. The molecule has 1 aromatic carbocycles. The summed E-state index contributed by atoms with van der Waals surface area (Å²) in [5.74, 6) is 1.29. The van der Waals surface area contributed by atoms with Gasteiger partial charge >= 0.3 is 0 Å². The summed E-state index contributed by atoms with van der Waals surface area (Å²) in [4.78, 5) is 0. The first-order valence-corrected chi connectivity index (χ1v) is 5.23. The summed E-state index contributed by atoms with van der Waals surface area (Å²) in [5, 5.41) is 0.899. The van der Waals surface area contributed by atoms with Crippen LogP contribution in [0.1, 0.15) is 38.7 Å². The second kappa shape index (κ2) is 4.66. The van der Waals surface area contributed by atoms with Gasteiger partial charge in [-0.3, -0.25) is 0 Å². The van der Waals surface area contributed by atoms with E-state index in [1.54, 1.807) is 0 Å². The molecule has 0 aliphatic carbocycles. The average Bonchev–Trinajstić information content (AvgIpc) is 2.03. The Labute approximate surface area is 85.9 Å². The van der Waals surface area contributed by atoms with Crippen LogP contribution in [0.25, 0.3) is 0 Å². The summed E-state index contributed by atoms with van der Waals surface area (Å²) >= 11 is 6.10. The van der Waals surface area contributed by atoms with Crippen LogP contribution < -0.4 is 0 Å². The summed E-state index contributed by atoms with van der Waals surface area (Å²) in [6, 6.07) is 8.12. The van der Waals surface area contributed by atoms with Gasteiger partial charge in [0.25, 0.3) is 0 Å². The molecule has 1 aromatic rings. The van der Waals surface area contributed by atoms with E-state index in [1.165, 1.54) is 12.0 Å². The van der Waals surface area contributed by atoms with Gasteiger partial charge in [0, 0.05) is 5.02 Å². The van der Waals surface area contributed by atoms with Crippen molar-refractivity contribution >= 4 is 11.6 Å². The lowest BCUT2D eigenvalue weighted by Crippen LogP contribution is -1.99. The lowest BCUT2D eigenvalue weighted by atomic mass is 9.92. The van der Waals surface area contributed by atoms with Crippen LogP contribution >= 0.6 is 11.6 Å². The van der Waals surface area contributed by atoms with Crippen LogP contribution in [0.4, 0.5) is 0 Å². The fourth-order valence-electron chi connectivity index (χ4n) is 1.71. The maximum Gasteiger partial charge on any atom is 0.0440 e. The van der Waals surface area contributed by atoms with Crippen LogP contribution in [0.5, 0.6) is 0 Å². The molecule has 1 rings (SSSR count). The van der Waals surface area contributed by atoms with Crippen molar-refractivity contribution in [2.24, 2.45) is 5.92 Å². The van der Waals surface area contributed by atoms with Gasteiger partial charge in [-0.25, -0.2) is 0 Å². The first-order chi connectivity index (χ1) is 6.11. The zero-order chi connectivity index (χ0) is 9.84. The van der Waals surface area contributed by atoms with Crippen molar-refractivity contribution in [3.63, 3.8) is 0 Å². The lowest BCUT2D eigenvalue weighted by Gasteiger charge is -2.15. The Morgan fingerprint density at radius 2 is 1.77 bits per heavy atom. The average molecular weight is 197 g/mol. The largest absolute Gasteiger partial charge is 0.0840 e. The first kappa shape index (κ1) is 10.6. The smallest absolute Gasteiger partial charge is 0.0440 e. The van der Waals surface area contributed by atoms with Crippen molar-refractivity contribution in [1.82, 2.24) is 0 Å². The zero-order valence-corrected chi connectivity index (χ0v) is 9.31. The SMILES string of the molecule is CC(C)CC(C)c1ccccc1Cl. The van der Waals surface area contributed by atoms with Gasteiger partial charge in [0.1, 0.15) is 0 Å². The quantitative estimate of drug-likeness (QED) is 0.668. The Balaban J connectivity index is 2.76. The number of hydrogen-bond acceptors (Lipinski definition) is 0. The number of halogens is 1.